The summed E-state index contributed by atoms with van der Waals surface area (Å²) in [6.45, 7) is 2.21. The van der Waals surface area contributed by atoms with Crippen LogP contribution in [0.15, 0.2) is 12.3 Å². The first-order chi connectivity index (χ1) is 6.22. The topological polar surface area (TPSA) is 80.9 Å². The standard InChI is InChI=1S/C8H12N4O/c1-6-10-3-2-7(12-6)5-11-8(13)4-9/h2-3H,4-5,9H2,1H3,(H,11,13). The average Bonchev–Trinajstić information content (AvgIpc) is 2.14. The molecule has 0 radical (unpaired) electrons. The highest BCUT2D eigenvalue weighted by Gasteiger charge is 1.98. The Bertz CT molecular complexity index is 300. The molecule has 13 heavy (non-hydrogen) atoms. The van der Waals surface area contributed by atoms with Crippen LogP contribution in [0.2, 0.25) is 0 Å². The highest BCUT2D eigenvalue weighted by atomic mass is 16.1. The number of hydrogen-bond donors (Lipinski definition) is 2. The Morgan fingerprint density at radius 3 is 3.08 bits per heavy atom. The fraction of sp³-hybridized carbons (Fsp3) is 0.375. The number of amides is 1. The Kier molecular flexibility index (Phi) is 3.33. The largest absolute Gasteiger partial charge is 0.349 e. The SMILES string of the molecule is Cc1nccc(CNC(=O)CN)n1. The molecule has 0 fully saturated rings. The van der Waals surface area contributed by atoms with E-state index in [0.29, 0.717) is 12.4 Å². The summed E-state index contributed by atoms with van der Waals surface area (Å²) in [5, 5.41) is 2.62. The molecule has 5 heteroatoms. The average molecular weight is 180 g/mol. The first-order valence-corrected chi connectivity index (χ1v) is 3.97. The van der Waals surface area contributed by atoms with Crippen molar-refractivity contribution in [2.45, 2.75) is 13.5 Å². The van der Waals surface area contributed by atoms with Crippen molar-refractivity contribution >= 4 is 5.91 Å². The second-order valence-corrected chi connectivity index (χ2v) is 2.58. The van der Waals surface area contributed by atoms with Gasteiger partial charge in [0.15, 0.2) is 0 Å². The maximum atomic E-state index is 10.8. The minimum Gasteiger partial charge on any atom is -0.349 e. The number of nitrogens with two attached hydrogens (primary N) is 1. The van der Waals surface area contributed by atoms with Gasteiger partial charge in [-0.1, -0.05) is 0 Å². The fourth-order valence-corrected chi connectivity index (χ4v) is 0.865. The van der Waals surface area contributed by atoms with E-state index in [0.717, 1.165) is 5.69 Å². The molecule has 1 aromatic heterocycles. The molecule has 0 aliphatic carbocycles. The van der Waals surface area contributed by atoms with Gasteiger partial charge in [-0.2, -0.15) is 0 Å². The minimum absolute atomic E-state index is 0.00403. The van der Waals surface area contributed by atoms with Gasteiger partial charge in [-0.3, -0.25) is 4.79 Å². The lowest BCUT2D eigenvalue weighted by atomic mass is 10.4. The van der Waals surface area contributed by atoms with Crippen LogP contribution in [-0.2, 0) is 11.3 Å². The van der Waals surface area contributed by atoms with E-state index < -0.39 is 0 Å². The minimum atomic E-state index is -0.184. The third-order valence-corrected chi connectivity index (χ3v) is 1.49. The maximum absolute atomic E-state index is 10.8. The molecule has 0 saturated heterocycles. The van der Waals surface area contributed by atoms with Crippen LogP contribution in [0.3, 0.4) is 0 Å². The molecule has 0 aromatic carbocycles. The molecule has 1 rings (SSSR count). The number of nitrogens with one attached hydrogen (secondary N) is 1. The lowest BCUT2D eigenvalue weighted by Crippen LogP contribution is -2.30. The molecule has 5 nitrogen and oxygen atoms in total. The van der Waals surface area contributed by atoms with Gasteiger partial charge in [0.05, 0.1) is 18.8 Å². The van der Waals surface area contributed by atoms with E-state index in [1.165, 1.54) is 0 Å². The molecule has 1 amide bonds. The predicted octanol–water partition coefficient (Wildman–Crippen LogP) is -0.640. The number of aryl methyl sites for hydroxylation is 1. The lowest BCUT2D eigenvalue weighted by Gasteiger charge is -2.02. The van der Waals surface area contributed by atoms with Crippen molar-refractivity contribution in [3.63, 3.8) is 0 Å². The van der Waals surface area contributed by atoms with E-state index in [1.54, 1.807) is 19.2 Å². The number of rotatable bonds is 3. The molecule has 0 aliphatic heterocycles. The van der Waals surface area contributed by atoms with Crippen LogP contribution in [0.4, 0.5) is 0 Å². The Labute approximate surface area is 76.4 Å². The summed E-state index contributed by atoms with van der Waals surface area (Å²) in [5.74, 6) is 0.510. The first kappa shape index (κ1) is 9.60. The number of nitrogens with zero attached hydrogens (tertiary/aromatic N) is 2. The second kappa shape index (κ2) is 4.51. The number of carbonyl (C=O) groups is 1. The Morgan fingerprint density at radius 1 is 1.69 bits per heavy atom. The zero-order valence-electron chi connectivity index (χ0n) is 7.45. The van der Waals surface area contributed by atoms with Crippen LogP contribution in [0.5, 0.6) is 0 Å². The summed E-state index contributed by atoms with van der Waals surface area (Å²) in [5.41, 5.74) is 5.91. The van der Waals surface area contributed by atoms with E-state index in [9.17, 15) is 4.79 Å². The molecule has 0 saturated carbocycles. The third-order valence-electron chi connectivity index (χ3n) is 1.49. The monoisotopic (exact) mass is 180 g/mol. The lowest BCUT2D eigenvalue weighted by molar-refractivity contribution is -0.119. The highest BCUT2D eigenvalue weighted by molar-refractivity contribution is 5.77. The van der Waals surface area contributed by atoms with Crippen LogP contribution in [0, 0.1) is 6.92 Å². The number of hydrogen-bond acceptors (Lipinski definition) is 4. The van der Waals surface area contributed by atoms with Crippen molar-refractivity contribution in [1.82, 2.24) is 15.3 Å². The van der Waals surface area contributed by atoms with E-state index in [1.807, 2.05) is 0 Å². The summed E-state index contributed by atoms with van der Waals surface area (Å²) in [7, 11) is 0. The van der Waals surface area contributed by atoms with Crippen LogP contribution < -0.4 is 11.1 Å². The molecule has 0 bridgehead atoms. The molecule has 0 atom stereocenters. The molecule has 3 N–H and O–H groups in total. The van der Waals surface area contributed by atoms with Gasteiger partial charge in [-0.15, -0.1) is 0 Å². The third kappa shape index (κ3) is 3.16. The second-order valence-electron chi connectivity index (χ2n) is 2.58. The van der Waals surface area contributed by atoms with Crippen molar-refractivity contribution in [3.8, 4) is 0 Å². The van der Waals surface area contributed by atoms with E-state index in [2.05, 4.69) is 15.3 Å². The summed E-state index contributed by atoms with van der Waals surface area (Å²) >= 11 is 0. The van der Waals surface area contributed by atoms with Crippen LogP contribution in [0.25, 0.3) is 0 Å². The van der Waals surface area contributed by atoms with Gasteiger partial charge in [0.1, 0.15) is 5.82 Å². The number of carbonyl (C=O) groups excluding carboxylic acids is 1. The molecule has 0 unspecified atom stereocenters. The van der Waals surface area contributed by atoms with Crippen molar-refractivity contribution < 1.29 is 4.79 Å². The molecular weight excluding hydrogens is 168 g/mol. The van der Waals surface area contributed by atoms with E-state index in [-0.39, 0.29) is 12.5 Å². The predicted molar refractivity (Wildman–Crippen MR) is 47.7 cm³/mol. The maximum Gasteiger partial charge on any atom is 0.234 e. The van der Waals surface area contributed by atoms with Crippen molar-refractivity contribution in [1.29, 1.82) is 0 Å². The number of aromatic nitrogens is 2. The molecule has 70 valence electrons. The van der Waals surface area contributed by atoms with Gasteiger partial charge < -0.3 is 11.1 Å². The summed E-state index contributed by atoms with van der Waals surface area (Å²) in [6.07, 6.45) is 1.66. The van der Waals surface area contributed by atoms with Crippen molar-refractivity contribution in [2.75, 3.05) is 6.54 Å². The smallest absolute Gasteiger partial charge is 0.234 e. The van der Waals surface area contributed by atoms with Gasteiger partial charge >= 0.3 is 0 Å². The molecular formula is C8H12N4O. The van der Waals surface area contributed by atoms with E-state index >= 15 is 0 Å². The molecule has 0 aliphatic rings. The van der Waals surface area contributed by atoms with Crippen LogP contribution >= 0.6 is 0 Å². The first-order valence-electron chi connectivity index (χ1n) is 3.97. The Balaban J connectivity index is 2.50. The summed E-state index contributed by atoms with van der Waals surface area (Å²) in [4.78, 5) is 18.8. The van der Waals surface area contributed by atoms with Crippen molar-refractivity contribution in [2.24, 2.45) is 5.73 Å². The Hall–Kier alpha value is -1.49. The Morgan fingerprint density at radius 2 is 2.46 bits per heavy atom. The summed E-state index contributed by atoms with van der Waals surface area (Å²) < 4.78 is 0. The van der Waals surface area contributed by atoms with Crippen LogP contribution in [-0.4, -0.2) is 22.4 Å². The van der Waals surface area contributed by atoms with E-state index in [4.69, 9.17) is 5.73 Å². The zero-order valence-corrected chi connectivity index (χ0v) is 7.45. The van der Waals surface area contributed by atoms with Gasteiger partial charge in [0, 0.05) is 6.20 Å². The fourth-order valence-electron chi connectivity index (χ4n) is 0.865. The van der Waals surface area contributed by atoms with Crippen LogP contribution in [0.1, 0.15) is 11.5 Å². The molecule has 1 heterocycles. The van der Waals surface area contributed by atoms with Gasteiger partial charge in [-0.25, -0.2) is 9.97 Å². The highest BCUT2D eigenvalue weighted by Crippen LogP contribution is 1.93. The van der Waals surface area contributed by atoms with Crippen molar-refractivity contribution in [3.05, 3.63) is 23.8 Å². The quantitative estimate of drug-likeness (QED) is 0.648. The molecule has 1 aromatic rings. The normalized spacial score (nSPS) is 9.69. The van der Waals surface area contributed by atoms with Gasteiger partial charge in [-0.05, 0) is 13.0 Å². The van der Waals surface area contributed by atoms with Gasteiger partial charge in [0.25, 0.3) is 0 Å². The summed E-state index contributed by atoms with van der Waals surface area (Å²) in [6, 6.07) is 1.75. The molecule has 0 spiro atoms. The van der Waals surface area contributed by atoms with Gasteiger partial charge in [0.2, 0.25) is 5.91 Å². The zero-order chi connectivity index (χ0) is 9.68.